The van der Waals surface area contributed by atoms with Crippen molar-refractivity contribution >= 4 is 11.9 Å². The average molecular weight is 330 g/mol. The lowest BCUT2D eigenvalue weighted by molar-refractivity contribution is -0.217. The zero-order chi connectivity index (χ0) is 17.8. The number of methoxy groups -OCH3 is 2. The van der Waals surface area contributed by atoms with E-state index in [1.54, 1.807) is 36.4 Å². The molecule has 0 aromatic heterocycles. The molecule has 2 aromatic carbocycles. The molecule has 0 fully saturated rings. The molecule has 126 valence electrons. The number of hydrogen-bond acceptors (Lipinski definition) is 6. The molecule has 0 heterocycles. The molecule has 0 saturated heterocycles. The van der Waals surface area contributed by atoms with E-state index in [0.29, 0.717) is 0 Å². The van der Waals surface area contributed by atoms with Gasteiger partial charge in [-0.05, 0) is 11.1 Å². The van der Waals surface area contributed by atoms with E-state index in [4.69, 9.17) is 0 Å². The molecule has 0 bridgehead atoms. The number of aliphatic hydroxyl groups is 2. The lowest BCUT2D eigenvalue weighted by atomic mass is 9.73. The first-order chi connectivity index (χ1) is 11.4. The van der Waals surface area contributed by atoms with Gasteiger partial charge in [0, 0.05) is 0 Å². The zero-order valence-electron chi connectivity index (χ0n) is 13.3. The SMILES string of the molecule is COC(=O)C(O)(c1ccccc1)C(O)(C(=O)OC)c1ccccc1. The van der Waals surface area contributed by atoms with Gasteiger partial charge in [-0.2, -0.15) is 0 Å². The normalized spacial score (nSPS) is 15.7. The third kappa shape index (κ3) is 2.55. The Kier molecular flexibility index (Phi) is 5.02. The van der Waals surface area contributed by atoms with Gasteiger partial charge in [0.2, 0.25) is 11.2 Å². The number of benzene rings is 2. The standard InChI is InChI=1S/C18H18O6/c1-23-15(19)17(21,13-9-5-3-6-10-13)18(22,16(20)24-2)14-11-7-4-8-12-14/h3-12,21-22H,1-2H3. The number of esters is 2. The van der Waals surface area contributed by atoms with Gasteiger partial charge < -0.3 is 19.7 Å². The average Bonchev–Trinajstić information content (AvgIpc) is 2.66. The Balaban J connectivity index is 2.81. The van der Waals surface area contributed by atoms with Gasteiger partial charge in [0.15, 0.2) is 0 Å². The van der Waals surface area contributed by atoms with Crippen molar-refractivity contribution in [3.8, 4) is 0 Å². The summed E-state index contributed by atoms with van der Waals surface area (Å²) in [6, 6.07) is 15.2. The Bertz CT molecular complexity index is 651. The fourth-order valence-electron chi connectivity index (χ4n) is 2.60. The third-order valence-electron chi connectivity index (χ3n) is 3.87. The molecule has 6 nitrogen and oxygen atoms in total. The molecule has 6 heteroatoms. The van der Waals surface area contributed by atoms with Crippen LogP contribution in [0.25, 0.3) is 0 Å². The van der Waals surface area contributed by atoms with Crippen molar-refractivity contribution in [3.05, 3.63) is 71.8 Å². The van der Waals surface area contributed by atoms with Gasteiger partial charge in [0.25, 0.3) is 0 Å². The Hall–Kier alpha value is -2.70. The summed E-state index contributed by atoms with van der Waals surface area (Å²) in [5.74, 6) is -2.38. The van der Waals surface area contributed by atoms with Gasteiger partial charge in [0.05, 0.1) is 14.2 Å². The van der Waals surface area contributed by atoms with Crippen LogP contribution in [0.3, 0.4) is 0 Å². The van der Waals surface area contributed by atoms with Crippen molar-refractivity contribution in [3.63, 3.8) is 0 Å². The second-order valence-electron chi connectivity index (χ2n) is 5.14. The van der Waals surface area contributed by atoms with Crippen molar-refractivity contribution in [2.45, 2.75) is 11.2 Å². The van der Waals surface area contributed by atoms with Crippen molar-refractivity contribution in [2.24, 2.45) is 0 Å². The number of carbonyl (C=O) groups is 2. The summed E-state index contributed by atoms with van der Waals surface area (Å²) in [4.78, 5) is 24.9. The molecule has 2 atom stereocenters. The molecule has 0 spiro atoms. The van der Waals surface area contributed by atoms with E-state index in [-0.39, 0.29) is 11.1 Å². The smallest absolute Gasteiger partial charge is 0.346 e. The minimum absolute atomic E-state index is 0.00592. The molecule has 2 N–H and O–H groups in total. The maximum atomic E-state index is 12.4. The Morgan fingerprint density at radius 2 is 1.00 bits per heavy atom. The maximum absolute atomic E-state index is 12.4. The molecule has 2 unspecified atom stereocenters. The summed E-state index contributed by atoms with van der Waals surface area (Å²) in [6.07, 6.45) is 0. The van der Waals surface area contributed by atoms with Crippen LogP contribution >= 0.6 is 0 Å². The number of hydrogen-bond donors (Lipinski definition) is 2. The van der Waals surface area contributed by atoms with Crippen LogP contribution < -0.4 is 0 Å². The van der Waals surface area contributed by atoms with Gasteiger partial charge in [-0.3, -0.25) is 0 Å². The highest BCUT2D eigenvalue weighted by Crippen LogP contribution is 2.42. The van der Waals surface area contributed by atoms with E-state index in [2.05, 4.69) is 9.47 Å². The van der Waals surface area contributed by atoms with Crippen LogP contribution in [0.15, 0.2) is 60.7 Å². The van der Waals surface area contributed by atoms with Crippen LogP contribution in [0.2, 0.25) is 0 Å². The molecule has 0 saturated carbocycles. The molecule has 0 aliphatic rings. The molecule has 0 aliphatic carbocycles. The minimum atomic E-state index is -2.70. The lowest BCUT2D eigenvalue weighted by Crippen LogP contribution is -2.59. The minimum Gasteiger partial charge on any atom is -0.467 e. The molecular formula is C18H18O6. The molecule has 2 aromatic rings. The van der Waals surface area contributed by atoms with Gasteiger partial charge >= 0.3 is 11.9 Å². The fraction of sp³-hybridized carbons (Fsp3) is 0.222. The van der Waals surface area contributed by atoms with Crippen LogP contribution in [0, 0.1) is 0 Å². The van der Waals surface area contributed by atoms with Crippen LogP contribution in [-0.2, 0) is 30.3 Å². The molecule has 0 amide bonds. The van der Waals surface area contributed by atoms with E-state index >= 15 is 0 Å². The first-order valence-corrected chi connectivity index (χ1v) is 7.15. The molecule has 0 radical (unpaired) electrons. The quantitative estimate of drug-likeness (QED) is 0.798. The maximum Gasteiger partial charge on any atom is 0.346 e. The van der Waals surface area contributed by atoms with Crippen LogP contribution in [0.5, 0.6) is 0 Å². The summed E-state index contributed by atoms with van der Waals surface area (Å²) < 4.78 is 9.35. The van der Waals surface area contributed by atoms with Gasteiger partial charge in [-0.1, -0.05) is 60.7 Å². The summed E-state index contributed by atoms with van der Waals surface area (Å²) in [5.41, 5.74) is -5.41. The van der Waals surface area contributed by atoms with E-state index in [0.717, 1.165) is 14.2 Å². The van der Waals surface area contributed by atoms with Crippen molar-refractivity contribution in [2.75, 3.05) is 14.2 Å². The fourth-order valence-corrected chi connectivity index (χ4v) is 2.60. The topological polar surface area (TPSA) is 93.1 Å². The number of ether oxygens (including phenoxy) is 2. The highest BCUT2D eigenvalue weighted by atomic mass is 16.6. The van der Waals surface area contributed by atoms with E-state index in [9.17, 15) is 19.8 Å². The van der Waals surface area contributed by atoms with Crippen LogP contribution in [0.4, 0.5) is 0 Å². The summed E-state index contributed by atoms with van der Waals surface area (Å²) in [5, 5.41) is 22.4. The Morgan fingerprint density at radius 3 is 1.25 bits per heavy atom. The van der Waals surface area contributed by atoms with Crippen molar-refractivity contribution in [1.82, 2.24) is 0 Å². The van der Waals surface area contributed by atoms with Gasteiger partial charge in [-0.15, -0.1) is 0 Å². The first kappa shape index (κ1) is 17.7. The number of rotatable bonds is 5. The number of carbonyl (C=O) groups excluding carboxylic acids is 2. The predicted molar refractivity (Wildman–Crippen MR) is 84.7 cm³/mol. The predicted octanol–water partition coefficient (Wildman–Crippen LogP) is 1.11. The lowest BCUT2D eigenvalue weighted by Gasteiger charge is -2.39. The monoisotopic (exact) mass is 330 g/mol. The summed E-state index contributed by atoms with van der Waals surface area (Å²) in [7, 11) is 2.11. The van der Waals surface area contributed by atoms with E-state index in [1.807, 2.05) is 0 Å². The largest absolute Gasteiger partial charge is 0.467 e. The molecule has 0 aliphatic heterocycles. The van der Waals surface area contributed by atoms with E-state index in [1.165, 1.54) is 24.3 Å². The third-order valence-corrected chi connectivity index (χ3v) is 3.87. The van der Waals surface area contributed by atoms with Crippen molar-refractivity contribution < 1.29 is 29.3 Å². The zero-order valence-corrected chi connectivity index (χ0v) is 13.3. The van der Waals surface area contributed by atoms with Crippen LogP contribution in [-0.4, -0.2) is 36.4 Å². The Morgan fingerprint density at radius 1 is 0.708 bits per heavy atom. The molecular weight excluding hydrogens is 312 g/mol. The highest BCUT2D eigenvalue weighted by molar-refractivity contribution is 5.94. The van der Waals surface area contributed by atoms with Gasteiger partial charge in [0.1, 0.15) is 0 Å². The second-order valence-corrected chi connectivity index (χ2v) is 5.14. The van der Waals surface area contributed by atoms with Crippen LogP contribution in [0.1, 0.15) is 11.1 Å². The van der Waals surface area contributed by atoms with E-state index < -0.39 is 23.1 Å². The first-order valence-electron chi connectivity index (χ1n) is 7.15. The summed E-state index contributed by atoms with van der Waals surface area (Å²) >= 11 is 0. The van der Waals surface area contributed by atoms with Crippen molar-refractivity contribution in [1.29, 1.82) is 0 Å². The Labute approximate surface area is 139 Å². The molecule has 2 rings (SSSR count). The second kappa shape index (κ2) is 6.82. The van der Waals surface area contributed by atoms with Gasteiger partial charge in [-0.25, -0.2) is 9.59 Å². The molecule has 24 heavy (non-hydrogen) atoms. The summed E-state index contributed by atoms with van der Waals surface area (Å²) in [6.45, 7) is 0. The highest BCUT2D eigenvalue weighted by Gasteiger charge is 2.63.